The van der Waals surface area contributed by atoms with Crippen molar-refractivity contribution in [2.45, 2.75) is 6.54 Å². The van der Waals surface area contributed by atoms with Gasteiger partial charge in [0.25, 0.3) is 0 Å². The molecule has 0 bridgehead atoms. The van der Waals surface area contributed by atoms with E-state index in [1.807, 2.05) is 24.3 Å². The Morgan fingerprint density at radius 3 is 2.36 bits per heavy atom. The van der Waals surface area contributed by atoms with Gasteiger partial charge in [0, 0.05) is 41.7 Å². The van der Waals surface area contributed by atoms with Crippen molar-refractivity contribution in [3.63, 3.8) is 0 Å². The molecule has 2 aromatic rings. The second-order valence-electron chi connectivity index (χ2n) is 6.21. The molecular weight excluding hydrogens is 446 g/mol. The Kier molecular flexibility index (Phi) is 6.64. The smallest absolute Gasteiger partial charge is 0.238 e. The monoisotopic (exact) mass is 465 g/mol. The Labute approximate surface area is 165 Å². The number of amides is 1. The quantitative estimate of drug-likeness (QED) is 0.724. The summed E-state index contributed by atoms with van der Waals surface area (Å²) in [5.74, 6) is 0.0234. The molecule has 2 aromatic carbocycles. The average molecular weight is 467 g/mol. The topological polar surface area (TPSA) is 35.6 Å². The summed E-state index contributed by atoms with van der Waals surface area (Å²) in [4.78, 5) is 17.0. The zero-order chi connectivity index (χ0) is 17.6. The molecule has 1 aliphatic heterocycles. The maximum absolute atomic E-state index is 12.3. The summed E-state index contributed by atoms with van der Waals surface area (Å²) < 4.78 is 1.83. The van der Waals surface area contributed by atoms with Gasteiger partial charge < -0.3 is 5.32 Å². The van der Waals surface area contributed by atoms with Crippen molar-refractivity contribution >= 4 is 43.5 Å². The highest BCUT2D eigenvalue weighted by Gasteiger charge is 2.19. The summed E-state index contributed by atoms with van der Waals surface area (Å²) in [7, 11) is 0. The molecule has 1 amide bonds. The molecule has 0 aliphatic carbocycles. The number of nitrogens with one attached hydrogen (secondary N) is 1. The lowest BCUT2D eigenvalue weighted by atomic mass is 10.2. The molecule has 132 valence electrons. The maximum atomic E-state index is 12.3. The van der Waals surface area contributed by atoms with Gasteiger partial charge in [-0.3, -0.25) is 14.6 Å². The van der Waals surface area contributed by atoms with E-state index in [2.05, 4.69) is 71.2 Å². The molecule has 6 heteroatoms. The van der Waals surface area contributed by atoms with Crippen molar-refractivity contribution < 1.29 is 4.79 Å². The number of rotatable bonds is 5. The summed E-state index contributed by atoms with van der Waals surface area (Å²) in [6, 6.07) is 16.3. The fourth-order valence-corrected chi connectivity index (χ4v) is 3.64. The summed E-state index contributed by atoms with van der Waals surface area (Å²) >= 11 is 6.90. The lowest BCUT2D eigenvalue weighted by Crippen LogP contribution is -2.48. The fraction of sp³-hybridized carbons (Fsp3) is 0.316. The highest BCUT2D eigenvalue weighted by atomic mass is 79.9. The fourth-order valence-electron chi connectivity index (χ4n) is 2.93. The SMILES string of the molecule is O=C(CN1CCN(Cc2ccccc2)CC1)Nc1cc(Br)ccc1Br. The first-order valence-electron chi connectivity index (χ1n) is 8.34. The summed E-state index contributed by atoms with van der Waals surface area (Å²) in [5.41, 5.74) is 2.13. The molecule has 0 unspecified atom stereocenters. The van der Waals surface area contributed by atoms with Crippen LogP contribution in [-0.4, -0.2) is 48.4 Å². The minimum absolute atomic E-state index is 0.0234. The Morgan fingerprint density at radius 2 is 1.64 bits per heavy atom. The minimum atomic E-state index is 0.0234. The predicted octanol–water partition coefficient (Wildman–Crippen LogP) is 3.97. The van der Waals surface area contributed by atoms with E-state index >= 15 is 0 Å². The Balaban J connectivity index is 1.45. The van der Waals surface area contributed by atoms with Crippen molar-refractivity contribution in [2.75, 3.05) is 38.0 Å². The van der Waals surface area contributed by atoms with E-state index < -0.39 is 0 Å². The van der Waals surface area contributed by atoms with Gasteiger partial charge in [-0.15, -0.1) is 0 Å². The zero-order valence-corrected chi connectivity index (χ0v) is 17.1. The van der Waals surface area contributed by atoms with Crippen molar-refractivity contribution in [2.24, 2.45) is 0 Å². The van der Waals surface area contributed by atoms with E-state index in [9.17, 15) is 4.79 Å². The number of nitrogens with zero attached hydrogens (tertiary/aromatic N) is 2. The summed E-state index contributed by atoms with van der Waals surface area (Å²) in [6.07, 6.45) is 0. The molecule has 25 heavy (non-hydrogen) atoms. The molecule has 0 radical (unpaired) electrons. The first-order valence-corrected chi connectivity index (χ1v) is 9.92. The van der Waals surface area contributed by atoms with Crippen LogP contribution in [0.15, 0.2) is 57.5 Å². The van der Waals surface area contributed by atoms with Gasteiger partial charge in [0.2, 0.25) is 5.91 Å². The van der Waals surface area contributed by atoms with Crippen LogP contribution < -0.4 is 5.32 Å². The molecule has 0 saturated carbocycles. The van der Waals surface area contributed by atoms with Gasteiger partial charge >= 0.3 is 0 Å². The van der Waals surface area contributed by atoms with Crippen molar-refractivity contribution in [3.8, 4) is 0 Å². The third kappa shape index (κ3) is 5.64. The number of hydrogen-bond donors (Lipinski definition) is 1. The number of halogens is 2. The molecule has 1 fully saturated rings. The number of piperazine rings is 1. The third-order valence-corrected chi connectivity index (χ3v) is 5.47. The molecule has 1 N–H and O–H groups in total. The van der Waals surface area contributed by atoms with Gasteiger partial charge in [0.1, 0.15) is 0 Å². The number of benzene rings is 2. The molecule has 1 aliphatic rings. The van der Waals surface area contributed by atoms with E-state index in [0.29, 0.717) is 6.54 Å². The first-order chi connectivity index (χ1) is 12.1. The number of anilines is 1. The van der Waals surface area contributed by atoms with Gasteiger partial charge in [0.05, 0.1) is 12.2 Å². The van der Waals surface area contributed by atoms with Crippen LogP contribution in [0.5, 0.6) is 0 Å². The van der Waals surface area contributed by atoms with E-state index in [-0.39, 0.29) is 5.91 Å². The van der Waals surface area contributed by atoms with Gasteiger partial charge in [0.15, 0.2) is 0 Å². The number of carbonyl (C=O) groups excluding carboxylic acids is 1. The van der Waals surface area contributed by atoms with Gasteiger partial charge in [-0.25, -0.2) is 0 Å². The van der Waals surface area contributed by atoms with E-state index in [0.717, 1.165) is 47.4 Å². The minimum Gasteiger partial charge on any atom is -0.324 e. The number of hydrogen-bond acceptors (Lipinski definition) is 3. The standard InChI is InChI=1S/C19H21Br2N3O/c20-16-6-7-17(21)18(12-16)22-19(25)14-24-10-8-23(9-11-24)13-15-4-2-1-3-5-15/h1-7,12H,8-11,13-14H2,(H,22,25). The molecule has 1 heterocycles. The van der Waals surface area contributed by atoms with Crippen molar-refractivity contribution in [1.82, 2.24) is 9.80 Å². The molecule has 0 spiro atoms. The Morgan fingerprint density at radius 1 is 0.960 bits per heavy atom. The highest BCUT2D eigenvalue weighted by molar-refractivity contribution is 9.11. The van der Waals surface area contributed by atoms with E-state index in [1.165, 1.54) is 5.56 Å². The maximum Gasteiger partial charge on any atom is 0.238 e. The molecule has 4 nitrogen and oxygen atoms in total. The third-order valence-electron chi connectivity index (χ3n) is 4.28. The van der Waals surface area contributed by atoms with E-state index in [4.69, 9.17) is 0 Å². The molecule has 0 aromatic heterocycles. The molecule has 3 rings (SSSR count). The van der Waals surface area contributed by atoms with Crippen molar-refractivity contribution in [1.29, 1.82) is 0 Å². The molecular formula is C19H21Br2N3O. The van der Waals surface area contributed by atoms with Crippen LogP contribution in [0.2, 0.25) is 0 Å². The van der Waals surface area contributed by atoms with Crippen LogP contribution in [0, 0.1) is 0 Å². The number of carbonyl (C=O) groups is 1. The first kappa shape index (κ1) is 18.6. The lowest BCUT2D eigenvalue weighted by Gasteiger charge is -2.34. The van der Waals surface area contributed by atoms with Gasteiger partial charge in [-0.05, 0) is 39.7 Å². The Bertz CT molecular complexity index is 716. The van der Waals surface area contributed by atoms with Gasteiger partial charge in [-0.2, -0.15) is 0 Å². The van der Waals surface area contributed by atoms with Crippen LogP contribution in [-0.2, 0) is 11.3 Å². The summed E-state index contributed by atoms with van der Waals surface area (Å²) in [6.45, 7) is 5.22. The summed E-state index contributed by atoms with van der Waals surface area (Å²) in [5, 5.41) is 2.98. The zero-order valence-electron chi connectivity index (χ0n) is 13.9. The van der Waals surface area contributed by atoms with E-state index in [1.54, 1.807) is 0 Å². The van der Waals surface area contributed by atoms with Crippen LogP contribution in [0.1, 0.15) is 5.56 Å². The van der Waals surface area contributed by atoms with Crippen LogP contribution >= 0.6 is 31.9 Å². The predicted molar refractivity (Wildman–Crippen MR) is 109 cm³/mol. The second-order valence-corrected chi connectivity index (χ2v) is 7.98. The van der Waals surface area contributed by atoms with Crippen LogP contribution in [0.25, 0.3) is 0 Å². The second kappa shape index (κ2) is 8.94. The highest BCUT2D eigenvalue weighted by Crippen LogP contribution is 2.26. The normalized spacial score (nSPS) is 15.9. The lowest BCUT2D eigenvalue weighted by molar-refractivity contribution is -0.117. The van der Waals surface area contributed by atoms with Crippen molar-refractivity contribution in [3.05, 3.63) is 63.0 Å². The van der Waals surface area contributed by atoms with Crippen LogP contribution in [0.4, 0.5) is 5.69 Å². The largest absolute Gasteiger partial charge is 0.324 e. The molecule has 0 atom stereocenters. The molecule has 1 saturated heterocycles. The van der Waals surface area contributed by atoms with Gasteiger partial charge in [-0.1, -0.05) is 46.3 Å². The Hall–Kier alpha value is -1.21. The van der Waals surface area contributed by atoms with Crippen LogP contribution in [0.3, 0.4) is 0 Å². The average Bonchev–Trinajstić information content (AvgIpc) is 2.61.